The Balaban J connectivity index is 1.79. The van der Waals surface area contributed by atoms with Crippen LogP contribution in [0.2, 0.25) is 0 Å². The fourth-order valence-corrected chi connectivity index (χ4v) is 5.80. The number of carbonyl (C=O) groups excluding carboxylic acids is 4. The third-order valence-corrected chi connectivity index (χ3v) is 9.20. The van der Waals surface area contributed by atoms with E-state index in [9.17, 15) is 19.2 Å². The molecule has 3 rings (SSSR count). The van der Waals surface area contributed by atoms with Crippen LogP contribution in [0, 0.1) is 12.8 Å². The van der Waals surface area contributed by atoms with Crippen molar-refractivity contribution in [3.05, 3.63) is 89.0 Å². The number of carbonyl (C=O) groups is 4. The first-order valence-corrected chi connectivity index (χ1v) is 19.2. The minimum absolute atomic E-state index is 0.0980. The van der Waals surface area contributed by atoms with Crippen LogP contribution >= 0.6 is 0 Å². The molecule has 0 fully saturated rings. The van der Waals surface area contributed by atoms with Gasteiger partial charge >= 0.3 is 0 Å². The predicted octanol–water partition coefficient (Wildman–Crippen LogP) is 1.16. The average molecular weight is 805 g/mol. The number of ether oxygens (including phenoxy) is 3. The van der Waals surface area contributed by atoms with E-state index in [-0.39, 0.29) is 43.3 Å². The quantitative estimate of drug-likeness (QED) is 0.0267. The van der Waals surface area contributed by atoms with E-state index < -0.39 is 36.2 Å². The summed E-state index contributed by atoms with van der Waals surface area (Å²) in [7, 11) is 3.04. The molecule has 0 saturated carbocycles. The topological polar surface area (TPSA) is 273 Å². The smallest absolute Gasteiger partial charge is 0.258 e. The second-order valence-corrected chi connectivity index (χ2v) is 13.9. The van der Waals surface area contributed by atoms with Gasteiger partial charge in [0.15, 0.2) is 12.6 Å². The lowest BCUT2D eigenvalue weighted by molar-refractivity contribution is -0.133. The highest BCUT2D eigenvalue weighted by atomic mass is 16.5. The van der Waals surface area contributed by atoms with E-state index in [4.69, 9.17) is 37.1 Å². The highest BCUT2D eigenvalue weighted by Gasteiger charge is 2.29. The molecule has 316 valence electrons. The number of hydrogen-bond donors (Lipinski definition) is 9. The van der Waals surface area contributed by atoms with Crippen LogP contribution in [-0.2, 0) is 25.7 Å². The third kappa shape index (κ3) is 15.9. The van der Waals surface area contributed by atoms with Gasteiger partial charge in [-0.05, 0) is 81.5 Å². The van der Waals surface area contributed by atoms with Gasteiger partial charge in [0, 0.05) is 30.6 Å². The molecule has 0 spiro atoms. The lowest BCUT2D eigenvalue weighted by atomic mass is 9.96. The highest BCUT2D eigenvalue weighted by molar-refractivity contribution is 5.92. The number of benzene rings is 3. The molecule has 17 heteroatoms. The number of aliphatic imine (C=N–C) groups is 1. The van der Waals surface area contributed by atoms with E-state index >= 15 is 0 Å². The van der Waals surface area contributed by atoms with Gasteiger partial charge in [0.25, 0.3) is 5.91 Å². The minimum atomic E-state index is -1.04. The van der Waals surface area contributed by atoms with Crippen LogP contribution in [0.1, 0.15) is 67.8 Å². The predicted molar refractivity (Wildman–Crippen MR) is 223 cm³/mol. The largest absolute Gasteiger partial charge is 0.497 e. The summed E-state index contributed by atoms with van der Waals surface area (Å²) in [6.07, 6.45) is 1.08. The second-order valence-electron chi connectivity index (χ2n) is 13.9. The average Bonchev–Trinajstić information content (AvgIpc) is 3.21. The van der Waals surface area contributed by atoms with Gasteiger partial charge in [0.2, 0.25) is 17.7 Å². The SMILES string of the molecule is COc1ccc(C(NC(=O)[C@@H](CCCN=C(N)N)NC(=O)[C@@H](C)NC(=O)[C@H](C)CCCNC(N)N)c2ccc(OCC(=O)NCc3ccc(C)cc3)cc2)c(OC)c1. The van der Waals surface area contributed by atoms with Gasteiger partial charge < -0.3 is 58.4 Å². The van der Waals surface area contributed by atoms with Gasteiger partial charge in [-0.25, -0.2) is 0 Å². The molecule has 0 aliphatic heterocycles. The summed E-state index contributed by atoms with van der Waals surface area (Å²) in [5.74, 6) is -0.719. The lowest BCUT2D eigenvalue weighted by Gasteiger charge is -2.27. The molecule has 0 aromatic heterocycles. The lowest BCUT2D eigenvalue weighted by Crippen LogP contribution is -2.53. The third-order valence-electron chi connectivity index (χ3n) is 9.20. The summed E-state index contributed by atoms with van der Waals surface area (Å²) in [6.45, 7) is 6.24. The van der Waals surface area contributed by atoms with Crippen molar-refractivity contribution in [1.82, 2.24) is 26.6 Å². The zero-order valence-electron chi connectivity index (χ0n) is 34.0. The van der Waals surface area contributed by atoms with E-state index in [1.165, 1.54) is 14.2 Å². The Morgan fingerprint density at radius 1 is 0.776 bits per heavy atom. The first-order chi connectivity index (χ1) is 27.7. The molecule has 13 N–H and O–H groups in total. The molecule has 0 saturated heterocycles. The van der Waals surface area contributed by atoms with Crippen molar-refractivity contribution in [2.24, 2.45) is 33.8 Å². The van der Waals surface area contributed by atoms with Gasteiger partial charge in [0.1, 0.15) is 35.6 Å². The summed E-state index contributed by atoms with van der Waals surface area (Å²) in [6, 6.07) is 17.2. The maximum Gasteiger partial charge on any atom is 0.258 e. The fourth-order valence-electron chi connectivity index (χ4n) is 5.80. The van der Waals surface area contributed by atoms with E-state index in [2.05, 4.69) is 31.6 Å². The van der Waals surface area contributed by atoms with Crippen LogP contribution in [0.15, 0.2) is 71.7 Å². The first-order valence-electron chi connectivity index (χ1n) is 19.2. The van der Waals surface area contributed by atoms with Crippen molar-refractivity contribution in [1.29, 1.82) is 0 Å². The monoisotopic (exact) mass is 804 g/mol. The van der Waals surface area contributed by atoms with Gasteiger partial charge in [-0.2, -0.15) is 0 Å². The molecule has 58 heavy (non-hydrogen) atoms. The van der Waals surface area contributed by atoms with Crippen LogP contribution in [-0.4, -0.2) is 81.9 Å². The summed E-state index contributed by atoms with van der Waals surface area (Å²) in [4.78, 5) is 57.1. The molecular weight excluding hydrogens is 745 g/mol. The number of nitrogens with one attached hydrogen (secondary N) is 5. The number of nitrogens with zero attached hydrogens (tertiary/aromatic N) is 1. The number of aryl methyl sites for hydroxylation is 1. The molecule has 1 unspecified atom stereocenters. The van der Waals surface area contributed by atoms with E-state index in [0.717, 1.165) is 11.1 Å². The van der Waals surface area contributed by atoms with Crippen molar-refractivity contribution < 1.29 is 33.4 Å². The van der Waals surface area contributed by atoms with Crippen LogP contribution < -0.4 is 63.7 Å². The Kier molecular flexibility index (Phi) is 19.2. The van der Waals surface area contributed by atoms with Crippen LogP contribution in [0.3, 0.4) is 0 Å². The number of rotatable bonds is 24. The van der Waals surface area contributed by atoms with Crippen molar-refractivity contribution in [2.75, 3.05) is 33.9 Å². The molecule has 0 radical (unpaired) electrons. The molecule has 17 nitrogen and oxygen atoms in total. The molecule has 0 aliphatic carbocycles. The van der Waals surface area contributed by atoms with Crippen LogP contribution in [0.5, 0.6) is 17.2 Å². The number of amides is 4. The fraction of sp³-hybridized carbons (Fsp3) is 0.439. The summed E-state index contributed by atoms with van der Waals surface area (Å²) in [5, 5.41) is 14.4. The second kappa shape index (κ2) is 24.0. The van der Waals surface area contributed by atoms with Crippen LogP contribution in [0.4, 0.5) is 0 Å². The van der Waals surface area contributed by atoms with Crippen molar-refractivity contribution in [3.63, 3.8) is 0 Å². The number of methoxy groups -OCH3 is 2. The van der Waals surface area contributed by atoms with Crippen molar-refractivity contribution >= 4 is 29.6 Å². The Morgan fingerprint density at radius 2 is 1.47 bits per heavy atom. The van der Waals surface area contributed by atoms with Crippen molar-refractivity contribution in [3.8, 4) is 17.2 Å². The molecule has 4 amide bonds. The van der Waals surface area contributed by atoms with E-state index in [1.807, 2.05) is 31.2 Å². The standard InChI is InChI=1S/C41H60N10O7/c1-25-10-12-28(13-11-25)23-48-35(52)24-58-30-16-14-29(15-17-30)36(32-19-18-31(56-4)22-34(32)57-5)51-39(55)33(9-7-21-47-41(44)45)50-38(54)27(3)49-37(53)26(2)8-6-20-46-40(42)43/h10-19,22,26-27,33,36,40,46H,6-9,20-21,23-24,42-43H2,1-5H3,(H,48,52)(H,49,53)(H,50,54)(H,51,55)(H4,44,45,47)/t26-,27-,33-,36?/m1/s1. The van der Waals surface area contributed by atoms with Crippen molar-refractivity contribution in [2.45, 2.75) is 77.4 Å². The zero-order valence-corrected chi connectivity index (χ0v) is 34.0. The van der Waals surface area contributed by atoms with Gasteiger partial charge in [-0.15, -0.1) is 0 Å². The number of hydrogen-bond acceptors (Lipinski definition) is 11. The zero-order chi connectivity index (χ0) is 42.6. The molecule has 4 atom stereocenters. The summed E-state index contributed by atoms with van der Waals surface area (Å²) in [5.41, 5.74) is 25.4. The molecular formula is C41H60N10O7. The Labute approximate surface area is 340 Å². The maximum absolute atomic E-state index is 14.2. The van der Waals surface area contributed by atoms with Gasteiger partial charge in [0.05, 0.1) is 20.3 Å². The molecule has 0 aliphatic rings. The number of nitrogens with two attached hydrogens (primary N) is 4. The van der Waals surface area contributed by atoms with E-state index in [1.54, 1.807) is 56.3 Å². The first kappa shape index (κ1) is 46.5. The minimum Gasteiger partial charge on any atom is -0.497 e. The summed E-state index contributed by atoms with van der Waals surface area (Å²) < 4.78 is 16.9. The Bertz CT molecular complexity index is 1800. The maximum atomic E-state index is 14.2. The summed E-state index contributed by atoms with van der Waals surface area (Å²) >= 11 is 0. The molecule has 3 aromatic carbocycles. The highest BCUT2D eigenvalue weighted by Crippen LogP contribution is 2.34. The van der Waals surface area contributed by atoms with Gasteiger partial charge in [-0.1, -0.05) is 48.9 Å². The molecule has 0 bridgehead atoms. The van der Waals surface area contributed by atoms with Crippen LogP contribution in [0.25, 0.3) is 0 Å². The number of guanidine groups is 1. The molecule has 0 heterocycles. The molecule has 3 aromatic rings. The normalized spacial score (nSPS) is 13.0. The van der Waals surface area contributed by atoms with E-state index in [0.29, 0.717) is 60.7 Å². The Hall–Kier alpha value is -5.91. The Morgan fingerprint density at radius 3 is 2.10 bits per heavy atom. The van der Waals surface area contributed by atoms with Gasteiger partial charge in [-0.3, -0.25) is 29.5 Å².